The third kappa shape index (κ3) is 2.87. The van der Waals surface area contributed by atoms with Crippen LogP contribution in [0.1, 0.15) is 0 Å². The summed E-state index contributed by atoms with van der Waals surface area (Å²) in [4.78, 5) is 4.19. The molecule has 1 aliphatic heterocycles. The molecule has 0 saturated carbocycles. The van der Waals surface area contributed by atoms with E-state index in [2.05, 4.69) is 4.90 Å². The molecule has 1 heterocycles. The zero-order valence-electron chi connectivity index (χ0n) is 9.77. The Hall–Kier alpha value is -1.33. The molecule has 3 N–H and O–H groups in total. The Labute approximate surface area is 100 Å². The van der Waals surface area contributed by atoms with Crippen LogP contribution in [-0.4, -0.2) is 49.3 Å². The maximum Gasteiger partial charge on any atom is 0.148 e. The van der Waals surface area contributed by atoms with Gasteiger partial charge >= 0.3 is 0 Å². The minimum Gasteiger partial charge on any atom is -0.399 e. The first-order valence-electron chi connectivity index (χ1n) is 5.84. The molecular weight excluding hydrogens is 221 g/mol. The summed E-state index contributed by atoms with van der Waals surface area (Å²) < 4.78 is 13.7. The topological polar surface area (TPSA) is 52.7 Å². The molecule has 1 fully saturated rings. The molecular formula is C12H18FN3O. The summed E-state index contributed by atoms with van der Waals surface area (Å²) in [7, 11) is 0. The molecule has 0 amide bonds. The molecule has 0 aliphatic carbocycles. The molecule has 0 atom stereocenters. The summed E-state index contributed by atoms with van der Waals surface area (Å²) in [6.07, 6.45) is 0. The molecule has 1 saturated heterocycles. The van der Waals surface area contributed by atoms with Crippen molar-refractivity contribution >= 4 is 11.4 Å². The Morgan fingerprint density at radius 1 is 1.24 bits per heavy atom. The Bertz CT molecular complexity index is 378. The van der Waals surface area contributed by atoms with E-state index in [1.54, 1.807) is 12.1 Å². The van der Waals surface area contributed by atoms with Gasteiger partial charge < -0.3 is 15.7 Å². The molecule has 1 aromatic rings. The number of benzene rings is 1. The standard InChI is InChI=1S/C12H18FN3O/c13-11-9-10(14)1-2-12(11)16-5-3-15(4-6-16)7-8-17/h1-2,9,17H,3-8,14H2. The van der Waals surface area contributed by atoms with Crippen LogP contribution in [0.4, 0.5) is 15.8 Å². The number of aliphatic hydroxyl groups excluding tert-OH is 1. The second-order valence-corrected chi connectivity index (χ2v) is 4.26. The first kappa shape index (κ1) is 12.1. The molecule has 94 valence electrons. The number of nitrogens with two attached hydrogens (primary N) is 1. The SMILES string of the molecule is Nc1ccc(N2CCN(CCO)CC2)c(F)c1. The van der Waals surface area contributed by atoms with E-state index in [4.69, 9.17) is 10.8 Å². The van der Waals surface area contributed by atoms with Gasteiger partial charge in [-0.2, -0.15) is 0 Å². The summed E-state index contributed by atoms with van der Waals surface area (Å²) in [5.41, 5.74) is 6.59. The summed E-state index contributed by atoms with van der Waals surface area (Å²) in [5.74, 6) is -0.263. The third-order valence-electron chi connectivity index (χ3n) is 3.10. The Morgan fingerprint density at radius 2 is 1.94 bits per heavy atom. The number of rotatable bonds is 3. The van der Waals surface area contributed by atoms with Crippen molar-refractivity contribution in [3.63, 3.8) is 0 Å². The number of nitrogen functional groups attached to an aromatic ring is 1. The molecule has 0 radical (unpaired) electrons. The van der Waals surface area contributed by atoms with Crippen LogP contribution in [0.2, 0.25) is 0 Å². The van der Waals surface area contributed by atoms with Crippen LogP contribution in [0, 0.1) is 5.82 Å². The predicted molar refractivity (Wildman–Crippen MR) is 66.6 cm³/mol. The number of hydrogen-bond donors (Lipinski definition) is 2. The highest BCUT2D eigenvalue weighted by atomic mass is 19.1. The van der Waals surface area contributed by atoms with Crippen molar-refractivity contribution in [3.05, 3.63) is 24.0 Å². The number of halogens is 1. The number of anilines is 2. The lowest BCUT2D eigenvalue weighted by molar-refractivity contribution is 0.188. The minimum absolute atomic E-state index is 0.177. The molecule has 4 nitrogen and oxygen atoms in total. The number of hydrogen-bond acceptors (Lipinski definition) is 4. The van der Waals surface area contributed by atoms with Gasteiger partial charge in [-0.15, -0.1) is 0 Å². The Balaban J connectivity index is 2.00. The van der Waals surface area contributed by atoms with Crippen LogP contribution < -0.4 is 10.6 Å². The van der Waals surface area contributed by atoms with E-state index >= 15 is 0 Å². The fraction of sp³-hybridized carbons (Fsp3) is 0.500. The Kier molecular flexibility index (Phi) is 3.81. The molecule has 5 heteroatoms. The average Bonchev–Trinajstić information content (AvgIpc) is 2.31. The highest BCUT2D eigenvalue weighted by Crippen LogP contribution is 2.22. The van der Waals surface area contributed by atoms with Gasteiger partial charge in [0, 0.05) is 38.4 Å². The lowest BCUT2D eigenvalue weighted by atomic mass is 10.2. The van der Waals surface area contributed by atoms with E-state index in [0.717, 1.165) is 26.2 Å². The van der Waals surface area contributed by atoms with Gasteiger partial charge in [0.2, 0.25) is 0 Å². The van der Waals surface area contributed by atoms with Crippen molar-refractivity contribution in [1.29, 1.82) is 0 Å². The minimum atomic E-state index is -0.263. The summed E-state index contributed by atoms with van der Waals surface area (Å²) in [5, 5.41) is 8.85. The summed E-state index contributed by atoms with van der Waals surface area (Å²) in [6, 6.07) is 4.81. The van der Waals surface area contributed by atoms with E-state index in [9.17, 15) is 4.39 Å². The van der Waals surface area contributed by atoms with E-state index in [1.165, 1.54) is 6.07 Å². The van der Waals surface area contributed by atoms with Crippen molar-refractivity contribution in [2.24, 2.45) is 0 Å². The van der Waals surface area contributed by atoms with Crippen LogP contribution in [-0.2, 0) is 0 Å². The molecule has 1 aliphatic rings. The second-order valence-electron chi connectivity index (χ2n) is 4.26. The van der Waals surface area contributed by atoms with Crippen molar-refractivity contribution in [2.45, 2.75) is 0 Å². The van der Waals surface area contributed by atoms with Crippen molar-refractivity contribution < 1.29 is 9.50 Å². The molecule has 0 aromatic heterocycles. The molecule has 1 aromatic carbocycles. The van der Waals surface area contributed by atoms with Crippen LogP contribution in [0.3, 0.4) is 0 Å². The van der Waals surface area contributed by atoms with Crippen LogP contribution in [0.15, 0.2) is 18.2 Å². The first-order valence-corrected chi connectivity index (χ1v) is 5.84. The first-order chi connectivity index (χ1) is 8.20. The van der Waals surface area contributed by atoms with E-state index in [1.807, 2.05) is 4.90 Å². The fourth-order valence-electron chi connectivity index (χ4n) is 2.13. The largest absolute Gasteiger partial charge is 0.399 e. The quantitative estimate of drug-likeness (QED) is 0.755. The highest BCUT2D eigenvalue weighted by Gasteiger charge is 2.18. The van der Waals surface area contributed by atoms with Gasteiger partial charge in [0.05, 0.1) is 12.3 Å². The fourth-order valence-corrected chi connectivity index (χ4v) is 2.13. The van der Waals surface area contributed by atoms with E-state index in [-0.39, 0.29) is 12.4 Å². The van der Waals surface area contributed by atoms with Gasteiger partial charge in [0.15, 0.2) is 0 Å². The number of piperazine rings is 1. The zero-order valence-corrected chi connectivity index (χ0v) is 9.77. The molecule has 2 rings (SSSR count). The smallest absolute Gasteiger partial charge is 0.148 e. The maximum absolute atomic E-state index is 13.7. The van der Waals surface area contributed by atoms with Gasteiger partial charge in [0.25, 0.3) is 0 Å². The normalized spacial score (nSPS) is 17.4. The molecule has 0 unspecified atom stereocenters. The van der Waals surface area contributed by atoms with Gasteiger partial charge in [-0.1, -0.05) is 0 Å². The number of aliphatic hydroxyl groups is 1. The van der Waals surface area contributed by atoms with Gasteiger partial charge in [-0.05, 0) is 18.2 Å². The predicted octanol–water partition coefficient (Wildman–Crippen LogP) is 0.522. The van der Waals surface area contributed by atoms with Crippen LogP contribution in [0.25, 0.3) is 0 Å². The van der Waals surface area contributed by atoms with Gasteiger partial charge in [-0.3, -0.25) is 4.90 Å². The van der Waals surface area contributed by atoms with Crippen molar-refractivity contribution in [3.8, 4) is 0 Å². The highest BCUT2D eigenvalue weighted by molar-refractivity contribution is 5.54. The molecule has 0 spiro atoms. The van der Waals surface area contributed by atoms with Crippen LogP contribution >= 0.6 is 0 Å². The third-order valence-corrected chi connectivity index (χ3v) is 3.10. The van der Waals surface area contributed by atoms with Crippen LogP contribution in [0.5, 0.6) is 0 Å². The second kappa shape index (κ2) is 5.33. The van der Waals surface area contributed by atoms with Crippen molar-refractivity contribution in [2.75, 3.05) is 50.0 Å². The van der Waals surface area contributed by atoms with Gasteiger partial charge in [0.1, 0.15) is 5.82 Å². The Morgan fingerprint density at radius 3 is 2.53 bits per heavy atom. The van der Waals surface area contributed by atoms with Crippen molar-refractivity contribution in [1.82, 2.24) is 4.90 Å². The van der Waals surface area contributed by atoms with Gasteiger partial charge in [-0.25, -0.2) is 4.39 Å². The molecule has 0 bridgehead atoms. The lowest BCUT2D eigenvalue weighted by Crippen LogP contribution is -2.47. The monoisotopic (exact) mass is 239 g/mol. The number of nitrogens with zero attached hydrogens (tertiary/aromatic N) is 2. The summed E-state index contributed by atoms with van der Waals surface area (Å²) in [6.45, 7) is 4.13. The lowest BCUT2D eigenvalue weighted by Gasteiger charge is -2.35. The number of β-amino-alcohol motifs (C(OH)–C–C–N with tert-alkyl or cyclic N) is 1. The molecule has 17 heavy (non-hydrogen) atoms. The van der Waals surface area contributed by atoms with E-state index < -0.39 is 0 Å². The maximum atomic E-state index is 13.7. The zero-order chi connectivity index (χ0) is 12.3. The average molecular weight is 239 g/mol. The van der Waals surface area contributed by atoms with E-state index in [0.29, 0.717) is 17.9 Å². The summed E-state index contributed by atoms with van der Waals surface area (Å²) >= 11 is 0.